The van der Waals surface area contributed by atoms with E-state index < -0.39 is 38.3 Å². The first-order chi connectivity index (χ1) is 20.0. The lowest BCUT2D eigenvalue weighted by atomic mass is 9.99. The molecule has 2 heterocycles. The molecule has 1 amide bonds. The van der Waals surface area contributed by atoms with E-state index in [4.69, 9.17) is 10.5 Å². The predicted octanol–water partition coefficient (Wildman–Crippen LogP) is 5.13. The Labute approximate surface area is 238 Å². The number of aromatic nitrogens is 2. The molecular formula is C29H22F3N5O4S. The lowest BCUT2D eigenvalue weighted by Crippen LogP contribution is -2.19. The number of amides is 1. The number of rotatable bonds is 7. The molecule has 0 atom stereocenters. The van der Waals surface area contributed by atoms with Gasteiger partial charge in [-0.3, -0.25) is 9.52 Å². The summed E-state index contributed by atoms with van der Waals surface area (Å²) in [5.74, 6) is -3.39. The van der Waals surface area contributed by atoms with Crippen LogP contribution in [0.4, 0.5) is 24.7 Å². The van der Waals surface area contributed by atoms with Gasteiger partial charge in [-0.25, -0.2) is 31.6 Å². The Bertz CT molecular complexity index is 1990. The molecule has 4 N–H and O–H groups in total. The van der Waals surface area contributed by atoms with Gasteiger partial charge in [0.25, 0.3) is 15.9 Å². The predicted molar refractivity (Wildman–Crippen MR) is 152 cm³/mol. The molecule has 2 aromatic heterocycles. The van der Waals surface area contributed by atoms with Crippen molar-refractivity contribution in [1.82, 2.24) is 15.3 Å². The van der Waals surface area contributed by atoms with Gasteiger partial charge in [-0.2, -0.15) is 0 Å². The van der Waals surface area contributed by atoms with E-state index in [-0.39, 0.29) is 22.9 Å². The summed E-state index contributed by atoms with van der Waals surface area (Å²) in [7, 11) is -1.78. The summed E-state index contributed by atoms with van der Waals surface area (Å²) in [5, 5.41) is 3.00. The molecule has 9 nitrogen and oxygen atoms in total. The highest BCUT2D eigenvalue weighted by molar-refractivity contribution is 7.92. The van der Waals surface area contributed by atoms with Gasteiger partial charge >= 0.3 is 0 Å². The first kappa shape index (κ1) is 28.4. The van der Waals surface area contributed by atoms with Gasteiger partial charge < -0.3 is 15.8 Å². The number of halogens is 3. The molecule has 0 aliphatic heterocycles. The van der Waals surface area contributed by atoms with Gasteiger partial charge in [0.1, 0.15) is 33.9 Å². The summed E-state index contributed by atoms with van der Waals surface area (Å²) in [6.07, 6.45) is 1.45. The van der Waals surface area contributed by atoms with Crippen molar-refractivity contribution in [1.29, 1.82) is 0 Å². The van der Waals surface area contributed by atoms with Crippen LogP contribution in [0.1, 0.15) is 10.4 Å². The van der Waals surface area contributed by atoms with Gasteiger partial charge in [0, 0.05) is 35.8 Å². The van der Waals surface area contributed by atoms with Crippen LogP contribution in [0.2, 0.25) is 0 Å². The number of pyridine rings is 2. The van der Waals surface area contributed by atoms with Gasteiger partial charge in [-0.05, 0) is 59.7 Å². The molecule has 0 bridgehead atoms. The molecule has 0 saturated carbocycles. The van der Waals surface area contributed by atoms with Crippen LogP contribution in [-0.4, -0.2) is 38.5 Å². The minimum Gasteiger partial charge on any atom is -0.480 e. The number of anilines is 2. The van der Waals surface area contributed by atoms with Crippen molar-refractivity contribution < 1.29 is 31.1 Å². The van der Waals surface area contributed by atoms with E-state index in [2.05, 4.69) is 20.0 Å². The maximum Gasteiger partial charge on any atom is 0.264 e. The Morgan fingerprint density at radius 3 is 2.36 bits per heavy atom. The summed E-state index contributed by atoms with van der Waals surface area (Å²) in [4.78, 5) is 19.7. The van der Waals surface area contributed by atoms with Crippen LogP contribution in [0.15, 0.2) is 77.8 Å². The lowest BCUT2D eigenvalue weighted by molar-refractivity contribution is 0.0959. The number of hydrogen-bond donors (Lipinski definition) is 3. The van der Waals surface area contributed by atoms with E-state index >= 15 is 0 Å². The van der Waals surface area contributed by atoms with E-state index in [1.807, 2.05) is 0 Å². The summed E-state index contributed by atoms with van der Waals surface area (Å²) in [6.45, 7) is 0. The Hall–Kier alpha value is -5.17. The van der Waals surface area contributed by atoms with Crippen LogP contribution in [-0.2, 0) is 10.0 Å². The number of nitrogens with two attached hydrogens (primary N) is 1. The maximum atomic E-state index is 14.6. The average Bonchev–Trinajstić information content (AvgIpc) is 2.95. The zero-order chi connectivity index (χ0) is 30.2. The number of carbonyl (C=O) groups excluding carboxylic acids is 1. The third-order valence-corrected chi connectivity index (χ3v) is 7.80. The molecule has 42 heavy (non-hydrogen) atoms. The second-order valence-corrected chi connectivity index (χ2v) is 10.7. The monoisotopic (exact) mass is 593 g/mol. The fourth-order valence-corrected chi connectivity index (χ4v) is 5.45. The molecule has 3 aromatic carbocycles. The van der Waals surface area contributed by atoms with Crippen molar-refractivity contribution in [2.24, 2.45) is 0 Å². The Balaban J connectivity index is 1.54. The number of hydrogen-bond acceptors (Lipinski definition) is 7. The van der Waals surface area contributed by atoms with E-state index in [0.29, 0.717) is 39.2 Å². The van der Waals surface area contributed by atoms with E-state index in [1.54, 1.807) is 30.3 Å². The van der Waals surface area contributed by atoms with Crippen LogP contribution in [0.3, 0.4) is 0 Å². The SMILES string of the molecule is CNC(=O)c1ccc(-c2cc3cc(-c4cnc(OC)c(NS(=O)(=O)c5ccc(F)cc5F)c4)ccc3nc2N)cc1F. The summed E-state index contributed by atoms with van der Waals surface area (Å²) >= 11 is 0. The minimum atomic E-state index is -4.47. The van der Waals surface area contributed by atoms with Crippen LogP contribution >= 0.6 is 0 Å². The number of benzene rings is 3. The highest BCUT2D eigenvalue weighted by Crippen LogP contribution is 2.34. The van der Waals surface area contributed by atoms with Crippen LogP contribution in [0.5, 0.6) is 5.88 Å². The topological polar surface area (TPSA) is 136 Å². The van der Waals surface area contributed by atoms with Crippen LogP contribution < -0.4 is 20.5 Å². The molecular weight excluding hydrogens is 571 g/mol. The highest BCUT2D eigenvalue weighted by atomic mass is 32.2. The molecule has 0 fully saturated rings. The first-order valence-corrected chi connectivity index (χ1v) is 13.7. The van der Waals surface area contributed by atoms with Crippen LogP contribution in [0, 0.1) is 17.5 Å². The van der Waals surface area contributed by atoms with Gasteiger partial charge in [-0.1, -0.05) is 12.1 Å². The molecule has 0 radical (unpaired) electrons. The fraction of sp³-hybridized carbons (Fsp3) is 0.0690. The number of sulfonamides is 1. The third-order valence-electron chi connectivity index (χ3n) is 6.40. The molecule has 13 heteroatoms. The molecule has 0 saturated heterocycles. The maximum absolute atomic E-state index is 14.6. The first-order valence-electron chi connectivity index (χ1n) is 12.3. The van der Waals surface area contributed by atoms with Gasteiger partial charge in [0.05, 0.1) is 18.2 Å². The van der Waals surface area contributed by atoms with Crippen molar-refractivity contribution in [2.75, 3.05) is 24.6 Å². The van der Waals surface area contributed by atoms with E-state index in [9.17, 15) is 26.4 Å². The van der Waals surface area contributed by atoms with Gasteiger partial charge in [-0.15, -0.1) is 0 Å². The van der Waals surface area contributed by atoms with Gasteiger partial charge in [0.2, 0.25) is 5.88 Å². The zero-order valence-electron chi connectivity index (χ0n) is 22.1. The molecule has 0 aliphatic rings. The summed E-state index contributed by atoms with van der Waals surface area (Å²) in [5.41, 5.74) is 8.43. The van der Waals surface area contributed by atoms with Gasteiger partial charge in [0.15, 0.2) is 0 Å². The average molecular weight is 594 g/mol. The minimum absolute atomic E-state index is 0.0791. The van der Waals surface area contributed by atoms with Crippen molar-refractivity contribution >= 4 is 38.3 Å². The molecule has 5 aromatic rings. The molecule has 0 unspecified atom stereocenters. The number of methoxy groups -OCH3 is 1. The number of nitrogens with one attached hydrogen (secondary N) is 2. The smallest absolute Gasteiger partial charge is 0.264 e. The largest absolute Gasteiger partial charge is 0.480 e. The molecule has 0 spiro atoms. The fourth-order valence-electron chi connectivity index (χ4n) is 4.34. The quantitative estimate of drug-likeness (QED) is 0.238. The number of carbonyl (C=O) groups is 1. The second kappa shape index (κ2) is 11.0. The van der Waals surface area contributed by atoms with Crippen molar-refractivity contribution in [3.05, 3.63) is 95.9 Å². The van der Waals surface area contributed by atoms with Crippen LogP contribution in [0.25, 0.3) is 33.2 Å². The molecule has 0 aliphatic carbocycles. The summed E-state index contributed by atoms with van der Waals surface area (Å²) < 4.78 is 75.5. The normalized spacial score (nSPS) is 11.4. The van der Waals surface area contributed by atoms with E-state index in [0.717, 1.165) is 12.1 Å². The third kappa shape index (κ3) is 5.41. The van der Waals surface area contributed by atoms with Crippen molar-refractivity contribution in [3.63, 3.8) is 0 Å². The number of nitrogens with zero attached hydrogens (tertiary/aromatic N) is 2. The lowest BCUT2D eigenvalue weighted by Gasteiger charge is -2.14. The molecule has 214 valence electrons. The van der Waals surface area contributed by atoms with Crippen molar-refractivity contribution in [3.8, 4) is 28.1 Å². The highest BCUT2D eigenvalue weighted by Gasteiger charge is 2.22. The number of ether oxygens (including phenoxy) is 1. The Morgan fingerprint density at radius 2 is 1.67 bits per heavy atom. The molecule has 5 rings (SSSR count). The standard InChI is InChI=1S/C29H22F3N5O4S/c1-34-28(38)20-6-3-16(11-22(20)31)21-10-17-9-15(4-7-24(17)36-27(21)33)18-12-25(29(41-2)35-14-18)37-42(39,40)26-8-5-19(30)13-23(26)32/h3-14,37H,1-2H3,(H2,33,36)(H,34,38). The Morgan fingerprint density at radius 1 is 0.905 bits per heavy atom. The second-order valence-electron chi connectivity index (χ2n) is 9.06. The van der Waals surface area contributed by atoms with Crippen molar-refractivity contribution in [2.45, 2.75) is 4.90 Å². The number of nitrogen functional groups attached to an aromatic ring is 1. The van der Waals surface area contributed by atoms with E-state index in [1.165, 1.54) is 38.6 Å². The summed E-state index contributed by atoms with van der Waals surface area (Å²) in [6, 6.07) is 14.6. The zero-order valence-corrected chi connectivity index (χ0v) is 22.9. The Kier molecular flexibility index (Phi) is 7.44. The number of fused-ring (bicyclic) bond motifs is 1.